The number of nitrogens with zero attached hydrogens (tertiary/aromatic N) is 4. The molecule has 9 heteroatoms. The molecule has 1 amide bonds. The highest BCUT2D eigenvalue weighted by Gasteiger charge is 2.25. The number of carbonyl (C=O) groups is 1. The van der Waals surface area contributed by atoms with E-state index in [4.69, 9.17) is 9.47 Å². The van der Waals surface area contributed by atoms with Crippen molar-refractivity contribution in [3.05, 3.63) is 82.3 Å². The minimum Gasteiger partial charge on any atom is -0.497 e. The Bertz CT molecular complexity index is 1340. The summed E-state index contributed by atoms with van der Waals surface area (Å²) in [5.41, 5.74) is 0.602. The van der Waals surface area contributed by atoms with Gasteiger partial charge >= 0.3 is 0 Å². The summed E-state index contributed by atoms with van der Waals surface area (Å²) in [6.07, 6.45) is 3.46. The third kappa shape index (κ3) is 3.80. The Morgan fingerprint density at radius 2 is 1.69 bits per heavy atom. The van der Waals surface area contributed by atoms with E-state index >= 15 is 0 Å². The minimum atomic E-state index is -0.621. The predicted molar refractivity (Wildman–Crippen MR) is 119 cm³/mol. The van der Waals surface area contributed by atoms with Gasteiger partial charge in [-0.3, -0.25) is 9.59 Å². The number of rotatable bonds is 6. The highest BCUT2D eigenvalue weighted by Crippen LogP contribution is 2.30. The van der Waals surface area contributed by atoms with Crippen LogP contribution < -0.4 is 20.3 Å². The summed E-state index contributed by atoms with van der Waals surface area (Å²) in [5.74, 6) is 1.34. The summed E-state index contributed by atoms with van der Waals surface area (Å²) >= 11 is 0. The van der Waals surface area contributed by atoms with Gasteiger partial charge in [-0.15, -0.1) is 0 Å². The molecule has 0 aliphatic carbocycles. The van der Waals surface area contributed by atoms with Gasteiger partial charge in [0.25, 0.3) is 11.5 Å². The standard InChI is InChI=1S/C23H23N5O4/c1-27-10-9-24-21(27)19(14-11-15(31-3)13-16(12-14)32-4)25-22(29)20-17-7-5-6-8-18(17)23(30)28(2)26-20/h5-13,19H,1-4H3,(H,25,29). The van der Waals surface area contributed by atoms with Gasteiger partial charge in [0.05, 0.1) is 19.6 Å². The van der Waals surface area contributed by atoms with Gasteiger partial charge in [-0.05, 0) is 23.8 Å². The number of methoxy groups -OCH3 is 2. The summed E-state index contributed by atoms with van der Waals surface area (Å²) in [7, 11) is 6.49. The summed E-state index contributed by atoms with van der Waals surface area (Å²) in [4.78, 5) is 30.3. The Morgan fingerprint density at radius 3 is 2.28 bits per heavy atom. The molecule has 0 aliphatic heterocycles. The van der Waals surface area contributed by atoms with E-state index in [1.807, 2.05) is 23.7 Å². The molecule has 0 aliphatic rings. The van der Waals surface area contributed by atoms with Crippen molar-refractivity contribution < 1.29 is 14.3 Å². The van der Waals surface area contributed by atoms with E-state index in [9.17, 15) is 9.59 Å². The average molecular weight is 433 g/mol. The van der Waals surface area contributed by atoms with Gasteiger partial charge in [0.2, 0.25) is 0 Å². The molecule has 0 radical (unpaired) electrons. The van der Waals surface area contributed by atoms with Crippen LogP contribution in [0.1, 0.15) is 27.9 Å². The zero-order valence-electron chi connectivity index (χ0n) is 18.2. The molecular formula is C23H23N5O4. The SMILES string of the molecule is COc1cc(OC)cc(C(NC(=O)c2nn(C)c(=O)c3ccccc23)c2nccn2C)c1. The van der Waals surface area contributed by atoms with Crippen LogP contribution in [-0.2, 0) is 14.1 Å². The van der Waals surface area contributed by atoms with E-state index in [0.29, 0.717) is 28.1 Å². The Hall–Kier alpha value is -4.14. The van der Waals surface area contributed by atoms with Crippen LogP contribution in [-0.4, -0.2) is 39.5 Å². The molecule has 4 aromatic rings. The zero-order valence-corrected chi connectivity index (χ0v) is 18.2. The Balaban J connectivity index is 1.83. The second-order valence-corrected chi connectivity index (χ2v) is 7.27. The maximum atomic E-state index is 13.4. The van der Waals surface area contributed by atoms with E-state index in [-0.39, 0.29) is 11.3 Å². The first kappa shape index (κ1) is 21.1. The molecule has 0 saturated heterocycles. The number of nitrogens with one attached hydrogen (secondary N) is 1. The molecular weight excluding hydrogens is 410 g/mol. The topological polar surface area (TPSA) is 100 Å². The van der Waals surface area contributed by atoms with Crippen LogP contribution in [0.2, 0.25) is 0 Å². The van der Waals surface area contributed by atoms with Gasteiger partial charge in [0.15, 0.2) is 5.69 Å². The lowest BCUT2D eigenvalue weighted by Crippen LogP contribution is -2.34. The molecule has 4 rings (SSSR count). The number of amides is 1. The van der Waals surface area contributed by atoms with Crippen molar-refractivity contribution in [3.8, 4) is 11.5 Å². The van der Waals surface area contributed by atoms with Crippen molar-refractivity contribution in [2.75, 3.05) is 14.2 Å². The first-order chi connectivity index (χ1) is 15.4. The lowest BCUT2D eigenvalue weighted by molar-refractivity contribution is 0.0935. The van der Waals surface area contributed by atoms with Gasteiger partial charge in [0, 0.05) is 37.9 Å². The average Bonchev–Trinajstić information content (AvgIpc) is 3.24. The van der Waals surface area contributed by atoms with E-state index in [0.717, 1.165) is 5.56 Å². The predicted octanol–water partition coefficient (Wildman–Crippen LogP) is 2.20. The largest absolute Gasteiger partial charge is 0.497 e. The number of fused-ring (bicyclic) bond motifs is 1. The maximum absolute atomic E-state index is 13.4. The van der Waals surface area contributed by atoms with Crippen LogP contribution >= 0.6 is 0 Å². The molecule has 32 heavy (non-hydrogen) atoms. The van der Waals surface area contributed by atoms with Crippen molar-refractivity contribution in [2.45, 2.75) is 6.04 Å². The van der Waals surface area contributed by atoms with Crippen molar-refractivity contribution in [2.24, 2.45) is 14.1 Å². The van der Waals surface area contributed by atoms with Crippen LogP contribution in [0.5, 0.6) is 11.5 Å². The number of ether oxygens (including phenoxy) is 2. The van der Waals surface area contributed by atoms with Crippen LogP contribution in [0.15, 0.2) is 59.7 Å². The van der Waals surface area contributed by atoms with Gasteiger partial charge < -0.3 is 19.4 Å². The number of carbonyl (C=O) groups excluding carboxylic acids is 1. The second kappa shape index (κ2) is 8.54. The molecule has 0 fully saturated rings. The van der Waals surface area contributed by atoms with E-state index < -0.39 is 11.9 Å². The summed E-state index contributed by atoms with van der Waals surface area (Å²) in [6.45, 7) is 0. The monoisotopic (exact) mass is 433 g/mol. The number of hydrogen-bond donors (Lipinski definition) is 1. The molecule has 1 unspecified atom stereocenters. The van der Waals surface area contributed by atoms with Crippen molar-refractivity contribution in [1.29, 1.82) is 0 Å². The smallest absolute Gasteiger partial charge is 0.274 e. The van der Waals surface area contributed by atoms with Gasteiger partial charge in [-0.2, -0.15) is 5.10 Å². The van der Waals surface area contributed by atoms with E-state index in [1.165, 1.54) is 11.7 Å². The summed E-state index contributed by atoms with van der Waals surface area (Å²) < 4.78 is 13.8. The third-order valence-electron chi connectivity index (χ3n) is 5.27. The fourth-order valence-electron chi connectivity index (χ4n) is 3.62. The van der Waals surface area contributed by atoms with E-state index in [2.05, 4.69) is 15.4 Å². The highest BCUT2D eigenvalue weighted by molar-refractivity contribution is 6.05. The molecule has 2 heterocycles. The summed E-state index contributed by atoms with van der Waals surface area (Å²) in [5, 5.41) is 8.16. The third-order valence-corrected chi connectivity index (χ3v) is 5.27. The lowest BCUT2D eigenvalue weighted by atomic mass is 10.0. The highest BCUT2D eigenvalue weighted by atomic mass is 16.5. The second-order valence-electron chi connectivity index (χ2n) is 7.27. The molecule has 1 atom stereocenters. The Labute approximate surface area is 184 Å². The molecule has 164 valence electrons. The molecule has 0 bridgehead atoms. The molecule has 1 N–H and O–H groups in total. The van der Waals surface area contributed by atoms with Crippen LogP contribution in [0, 0.1) is 0 Å². The number of aromatic nitrogens is 4. The molecule has 0 spiro atoms. The number of hydrogen-bond acceptors (Lipinski definition) is 6. The molecule has 0 saturated carbocycles. The summed E-state index contributed by atoms with van der Waals surface area (Å²) in [6, 6.07) is 11.7. The molecule has 9 nitrogen and oxygen atoms in total. The van der Waals surface area contributed by atoms with Crippen molar-refractivity contribution in [1.82, 2.24) is 24.6 Å². The Morgan fingerprint density at radius 1 is 1.03 bits per heavy atom. The molecule has 2 aromatic carbocycles. The fourth-order valence-corrected chi connectivity index (χ4v) is 3.62. The number of aryl methyl sites for hydroxylation is 2. The quantitative estimate of drug-likeness (QED) is 0.500. The van der Waals surface area contributed by atoms with Crippen LogP contribution in [0.3, 0.4) is 0 Å². The minimum absolute atomic E-state index is 0.150. The number of benzene rings is 2. The first-order valence-electron chi connectivity index (χ1n) is 9.90. The van der Waals surface area contributed by atoms with Crippen LogP contribution in [0.4, 0.5) is 0 Å². The van der Waals surface area contributed by atoms with Crippen molar-refractivity contribution >= 4 is 16.7 Å². The zero-order chi connectivity index (χ0) is 22.8. The van der Waals surface area contributed by atoms with Crippen molar-refractivity contribution in [3.63, 3.8) is 0 Å². The maximum Gasteiger partial charge on any atom is 0.274 e. The normalized spacial score (nSPS) is 11.9. The van der Waals surface area contributed by atoms with Gasteiger partial charge in [0.1, 0.15) is 23.4 Å². The lowest BCUT2D eigenvalue weighted by Gasteiger charge is -2.21. The van der Waals surface area contributed by atoms with Gasteiger partial charge in [-0.25, -0.2) is 9.67 Å². The molecule has 2 aromatic heterocycles. The van der Waals surface area contributed by atoms with Gasteiger partial charge in [-0.1, -0.05) is 18.2 Å². The van der Waals surface area contributed by atoms with E-state index in [1.54, 1.807) is 56.9 Å². The first-order valence-corrected chi connectivity index (χ1v) is 9.90. The number of imidazole rings is 1. The van der Waals surface area contributed by atoms with Crippen LogP contribution in [0.25, 0.3) is 10.8 Å². The fraction of sp³-hybridized carbons (Fsp3) is 0.217. The Kier molecular flexibility index (Phi) is 5.63.